The minimum atomic E-state index is 0.314. The quantitative estimate of drug-likeness (QED) is 0.783. The Bertz CT molecular complexity index is 271. The molecule has 1 rings (SSSR count). The van der Waals surface area contributed by atoms with Gasteiger partial charge in [-0.05, 0) is 18.6 Å². The third-order valence-corrected chi connectivity index (χ3v) is 2.30. The summed E-state index contributed by atoms with van der Waals surface area (Å²) in [6.07, 6.45) is 0. The van der Waals surface area contributed by atoms with Crippen LogP contribution >= 0.6 is 11.6 Å². The maximum absolute atomic E-state index is 6.06. The van der Waals surface area contributed by atoms with Crippen LogP contribution in [0, 0.1) is 0 Å². The molecule has 0 aliphatic carbocycles. The summed E-state index contributed by atoms with van der Waals surface area (Å²) in [7, 11) is 0. The van der Waals surface area contributed by atoms with Crippen molar-refractivity contribution in [3.05, 3.63) is 34.9 Å². The molecule has 0 heterocycles. The van der Waals surface area contributed by atoms with Crippen LogP contribution in [0.25, 0.3) is 0 Å². The second kappa shape index (κ2) is 4.64. The Balaban J connectivity index is 2.76. The number of hydrogen-bond donors (Lipinski definition) is 1. The molecule has 0 amide bonds. The van der Waals surface area contributed by atoms with Crippen molar-refractivity contribution < 1.29 is 0 Å². The predicted octanol–water partition coefficient (Wildman–Crippen LogP) is 3.40. The first kappa shape index (κ1) is 10.6. The molecule has 0 bridgehead atoms. The maximum Gasteiger partial charge on any atom is 0.0453 e. The maximum atomic E-state index is 6.06. The van der Waals surface area contributed by atoms with E-state index < -0.39 is 0 Å². The van der Waals surface area contributed by atoms with E-state index in [0.29, 0.717) is 12.1 Å². The van der Waals surface area contributed by atoms with E-state index in [1.165, 1.54) is 0 Å². The molecule has 0 spiro atoms. The van der Waals surface area contributed by atoms with Crippen LogP contribution in [-0.2, 0) is 0 Å². The number of hydrogen-bond acceptors (Lipinski definition) is 1. The second-order valence-corrected chi connectivity index (χ2v) is 3.97. The van der Waals surface area contributed by atoms with Crippen LogP contribution in [0.1, 0.15) is 32.4 Å². The number of rotatable bonds is 3. The van der Waals surface area contributed by atoms with Gasteiger partial charge in [0.25, 0.3) is 0 Å². The Morgan fingerprint density at radius 1 is 1.15 bits per heavy atom. The van der Waals surface area contributed by atoms with Gasteiger partial charge in [0.05, 0.1) is 0 Å². The van der Waals surface area contributed by atoms with Crippen molar-refractivity contribution in [2.75, 3.05) is 0 Å². The lowest BCUT2D eigenvalue weighted by molar-refractivity contribution is 0.506. The first-order chi connectivity index (χ1) is 6.11. The third-order valence-electron chi connectivity index (χ3n) is 1.96. The Hall–Kier alpha value is -0.530. The Labute approximate surface area is 85.1 Å². The van der Waals surface area contributed by atoms with Gasteiger partial charge in [-0.2, -0.15) is 0 Å². The van der Waals surface area contributed by atoms with Gasteiger partial charge in [0.1, 0.15) is 0 Å². The summed E-state index contributed by atoms with van der Waals surface area (Å²) < 4.78 is 0. The van der Waals surface area contributed by atoms with Crippen LogP contribution in [0.2, 0.25) is 5.02 Å². The molecule has 13 heavy (non-hydrogen) atoms. The van der Waals surface area contributed by atoms with Gasteiger partial charge < -0.3 is 5.32 Å². The summed E-state index contributed by atoms with van der Waals surface area (Å²) in [6.45, 7) is 6.39. The summed E-state index contributed by atoms with van der Waals surface area (Å²) in [5.74, 6) is 0. The molecule has 0 radical (unpaired) electrons. The van der Waals surface area contributed by atoms with Gasteiger partial charge in [-0.1, -0.05) is 43.6 Å². The molecule has 1 nitrogen and oxygen atoms in total. The summed E-state index contributed by atoms with van der Waals surface area (Å²) in [5, 5.41) is 4.25. The van der Waals surface area contributed by atoms with Gasteiger partial charge in [0, 0.05) is 17.1 Å². The number of halogens is 1. The van der Waals surface area contributed by atoms with Crippen LogP contribution in [0.4, 0.5) is 0 Å². The molecule has 0 aliphatic rings. The Morgan fingerprint density at radius 2 is 1.77 bits per heavy atom. The van der Waals surface area contributed by atoms with Crippen LogP contribution in [0.3, 0.4) is 0 Å². The molecular weight excluding hydrogens is 182 g/mol. The summed E-state index contributed by atoms with van der Waals surface area (Å²) >= 11 is 6.06. The molecule has 0 saturated carbocycles. The van der Waals surface area contributed by atoms with Crippen LogP contribution in [-0.4, -0.2) is 6.04 Å². The molecule has 0 fully saturated rings. The zero-order chi connectivity index (χ0) is 9.84. The number of nitrogens with one attached hydrogen (secondary N) is 1. The normalized spacial score (nSPS) is 13.3. The van der Waals surface area contributed by atoms with Crippen molar-refractivity contribution in [1.29, 1.82) is 0 Å². The monoisotopic (exact) mass is 197 g/mol. The van der Waals surface area contributed by atoms with Crippen molar-refractivity contribution in [1.82, 2.24) is 5.32 Å². The summed E-state index contributed by atoms with van der Waals surface area (Å²) in [4.78, 5) is 0. The van der Waals surface area contributed by atoms with E-state index in [4.69, 9.17) is 11.6 Å². The van der Waals surface area contributed by atoms with E-state index in [0.717, 1.165) is 10.6 Å². The Morgan fingerprint density at radius 3 is 2.31 bits per heavy atom. The lowest BCUT2D eigenvalue weighted by atomic mass is 10.1. The van der Waals surface area contributed by atoms with Crippen LogP contribution < -0.4 is 5.32 Å². The fourth-order valence-corrected chi connectivity index (χ4v) is 1.72. The highest BCUT2D eigenvalue weighted by atomic mass is 35.5. The van der Waals surface area contributed by atoms with Crippen LogP contribution in [0.15, 0.2) is 24.3 Å². The minimum Gasteiger partial charge on any atom is -0.308 e. The first-order valence-electron chi connectivity index (χ1n) is 4.61. The molecule has 1 N–H and O–H groups in total. The van der Waals surface area contributed by atoms with Gasteiger partial charge in [0.2, 0.25) is 0 Å². The van der Waals surface area contributed by atoms with Gasteiger partial charge >= 0.3 is 0 Å². The van der Waals surface area contributed by atoms with Gasteiger partial charge in [-0.25, -0.2) is 0 Å². The van der Waals surface area contributed by atoms with Crippen molar-refractivity contribution in [2.24, 2.45) is 0 Å². The second-order valence-electron chi connectivity index (χ2n) is 3.56. The van der Waals surface area contributed by atoms with E-state index in [1.807, 2.05) is 18.2 Å². The fourth-order valence-electron chi connectivity index (χ4n) is 1.42. The highest BCUT2D eigenvalue weighted by Gasteiger charge is 2.08. The van der Waals surface area contributed by atoms with E-state index >= 15 is 0 Å². The molecular formula is C11H16ClN. The predicted molar refractivity (Wildman–Crippen MR) is 58.1 cm³/mol. The molecule has 1 aromatic carbocycles. The topological polar surface area (TPSA) is 12.0 Å². The van der Waals surface area contributed by atoms with E-state index in [9.17, 15) is 0 Å². The van der Waals surface area contributed by atoms with Gasteiger partial charge in [-0.15, -0.1) is 0 Å². The average Bonchev–Trinajstić information content (AvgIpc) is 2.03. The zero-order valence-electron chi connectivity index (χ0n) is 8.34. The van der Waals surface area contributed by atoms with E-state index in [2.05, 4.69) is 32.2 Å². The standard InChI is InChI=1S/C11H16ClN/c1-8(2)13-9(3)10-6-4-5-7-11(10)12/h4-9,13H,1-3H3/t9-/m1/s1. The molecule has 0 saturated heterocycles. The first-order valence-corrected chi connectivity index (χ1v) is 4.99. The SMILES string of the molecule is CC(C)N[C@H](C)c1ccccc1Cl. The Kier molecular flexibility index (Phi) is 3.76. The highest BCUT2D eigenvalue weighted by molar-refractivity contribution is 6.31. The van der Waals surface area contributed by atoms with Crippen molar-refractivity contribution >= 4 is 11.6 Å². The zero-order valence-corrected chi connectivity index (χ0v) is 9.10. The highest BCUT2D eigenvalue weighted by Crippen LogP contribution is 2.22. The summed E-state index contributed by atoms with van der Waals surface area (Å²) in [5.41, 5.74) is 1.16. The van der Waals surface area contributed by atoms with Crippen LogP contribution in [0.5, 0.6) is 0 Å². The fraction of sp³-hybridized carbons (Fsp3) is 0.455. The van der Waals surface area contributed by atoms with E-state index in [-0.39, 0.29) is 0 Å². The molecule has 0 aliphatic heterocycles. The molecule has 2 heteroatoms. The average molecular weight is 198 g/mol. The molecule has 0 unspecified atom stereocenters. The largest absolute Gasteiger partial charge is 0.308 e. The van der Waals surface area contributed by atoms with Crippen molar-refractivity contribution in [3.8, 4) is 0 Å². The van der Waals surface area contributed by atoms with Crippen molar-refractivity contribution in [3.63, 3.8) is 0 Å². The van der Waals surface area contributed by atoms with Gasteiger partial charge in [0.15, 0.2) is 0 Å². The van der Waals surface area contributed by atoms with Crippen molar-refractivity contribution in [2.45, 2.75) is 32.9 Å². The third kappa shape index (κ3) is 3.02. The molecule has 72 valence electrons. The lowest BCUT2D eigenvalue weighted by Gasteiger charge is -2.18. The van der Waals surface area contributed by atoms with E-state index in [1.54, 1.807) is 0 Å². The summed E-state index contributed by atoms with van der Waals surface area (Å²) in [6, 6.07) is 8.74. The lowest BCUT2D eigenvalue weighted by Crippen LogP contribution is -2.26. The van der Waals surface area contributed by atoms with Gasteiger partial charge in [-0.3, -0.25) is 0 Å². The minimum absolute atomic E-state index is 0.314. The molecule has 0 aromatic heterocycles. The molecule has 1 aromatic rings. The number of benzene rings is 1. The smallest absolute Gasteiger partial charge is 0.0453 e. The molecule has 1 atom stereocenters.